The second-order valence-electron chi connectivity index (χ2n) is 4.48. The molecule has 7 heteroatoms. The van der Waals surface area contributed by atoms with Crippen LogP contribution in [0.3, 0.4) is 0 Å². The molecular weight excluding hydrogens is 281 g/mol. The van der Waals surface area contributed by atoms with E-state index in [1.54, 1.807) is 0 Å². The quantitative estimate of drug-likeness (QED) is 0.478. The molecule has 0 bridgehead atoms. The van der Waals surface area contributed by atoms with Crippen molar-refractivity contribution in [3.8, 4) is 0 Å². The van der Waals surface area contributed by atoms with Crippen molar-refractivity contribution in [3.05, 3.63) is 23.8 Å². The highest BCUT2D eigenvalue weighted by molar-refractivity contribution is 7.47. The highest BCUT2D eigenvalue weighted by atomic mass is 31.2. The van der Waals surface area contributed by atoms with Gasteiger partial charge in [-0.1, -0.05) is 31.1 Å². The van der Waals surface area contributed by atoms with Crippen molar-refractivity contribution in [1.29, 1.82) is 0 Å². The maximum absolute atomic E-state index is 11.6. The molecule has 0 radical (unpaired) electrons. The first-order chi connectivity index (χ1) is 9.55. The zero-order chi connectivity index (χ0) is 14.8. The summed E-state index contributed by atoms with van der Waals surface area (Å²) < 4.78 is 20.0. The molecule has 2 N–H and O–H groups in total. The summed E-state index contributed by atoms with van der Waals surface area (Å²) in [6.07, 6.45) is 9.76. The Kier molecular flexibility index (Phi) is 7.77. The number of carbonyl (C=O) groups excluding carboxylic acids is 1. The summed E-state index contributed by atoms with van der Waals surface area (Å²) in [5.41, 5.74) is 0.802. The van der Waals surface area contributed by atoms with Crippen molar-refractivity contribution in [2.45, 2.75) is 32.1 Å². The Morgan fingerprint density at radius 3 is 2.80 bits per heavy atom. The van der Waals surface area contributed by atoms with Gasteiger partial charge in [0.2, 0.25) is 5.91 Å². The van der Waals surface area contributed by atoms with Crippen LogP contribution in [0.15, 0.2) is 23.8 Å². The van der Waals surface area contributed by atoms with Gasteiger partial charge in [-0.25, -0.2) is 4.57 Å². The maximum atomic E-state index is 11.6. The van der Waals surface area contributed by atoms with E-state index in [0.29, 0.717) is 19.4 Å². The Hall–Kier alpha value is -0.940. The monoisotopic (exact) mass is 303 g/mol. The number of nitrogens with one attached hydrogen (secondary N) is 1. The number of hydrogen-bond donors (Lipinski definition) is 2. The lowest BCUT2D eigenvalue weighted by molar-refractivity contribution is -0.117. The second kappa shape index (κ2) is 9.08. The van der Waals surface area contributed by atoms with Crippen LogP contribution in [0.2, 0.25) is 0 Å². The minimum atomic E-state index is -3.83. The van der Waals surface area contributed by atoms with Crippen molar-refractivity contribution >= 4 is 13.7 Å². The predicted octanol–water partition coefficient (Wildman–Crippen LogP) is 2.31. The third kappa shape index (κ3) is 7.01. The van der Waals surface area contributed by atoms with Crippen molar-refractivity contribution in [3.63, 3.8) is 0 Å². The topological polar surface area (TPSA) is 84.9 Å². The van der Waals surface area contributed by atoms with Crippen molar-refractivity contribution in [2.75, 3.05) is 20.3 Å². The molecule has 0 aromatic rings. The molecule has 0 fully saturated rings. The number of unbranched alkanes of at least 4 members (excludes halogenated alkanes) is 3. The lowest BCUT2D eigenvalue weighted by atomic mass is 10.2. The Balaban J connectivity index is 1.92. The van der Waals surface area contributed by atoms with Crippen LogP contribution in [0.1, 0.15) is 32.1 Å². The van der Waals surface area contributed by atoms with Crippen LogP contribution in [-0.4, -0.2) is 31.1 Å². The van der Waals surface area contributed by atoms with Gasteiger partial charge in [-0.05, 0) is 19.3 Å². The highest BCUT2D eigenvalue weighted by Crippen LogP contribution is 2.41. The number of allylic oxidation sites excluding steroid dienone is 3. The lowest BCUT2D eigenvalue weighted by Crippen LogP contribution is -2.25. The zero-order valence-electron chi connectivity index (χ0n) is 11.7. The Labute approximate surface area is 119 Å². The van der Waals surface area contributed by atoms with Gasteiger partial charge >= 0.3 is 7.82 Å². The van der Waals surface area contributed by atoms with Gasteiger partial charge in [0.1, 0.15) is 0 Å². The smallest absolute Gasteiger partial charge is 0.352 e. The van der Waals surface area contributed by atoms with Gasteiger partial charge in [-0.15, -0.1) is 0 Å². The molecule has 1 amide bonds. The molecule has 1 aliphatic rings. The summed E-state index contributed by atoms with van der Waals surface area (Å²) >= 11 is 0. The first-order valence-electron chi connectivity index (χ1n) is 6.72. The van der Waals surface area contributed by atoms with Gasteiger partial charge in [0.15, 0.2) is 0 Å². The first kappa shape index (κ1) is 17.1. The van der Waals surface area contributed by atoms with Gasteiger partial charge in [0, 0.05) is 19.2 Å². The number of amides is 1. The Bertz CT molecular complexity index is 419. The predicted molar refractivity (Wildman–Crippen MR) is 76.1 cm³/mol. The molecule has 114 valence electrons. The number of phosphoric acid groups is 1. The largest absolute Gasteiger partial charge is 0.471 e. The fraction of sp³-hybridized carbons (Fsp3) is 0.615. The van der Waals surface area contributed by atoms with E-state index in [0.717, 1.165) is 31.9 Å². The van der Waals surface area contributed by atoms with Crippen molar-refractivity contribution in [1.82, 2.24) is 5.32 Å². The first-order valence-corrected chi connectivity index (χ1v) is 8.21. The molecule has 0 saturated heterocycles. The van der Waals surface area contributed by atoms with E-state index in [9.17, 15) is 9.36 Å². The number of hydrogen-bond acceptors (Lipinski definition) is 4. The molecule has 1 rings (SSSR count). The molecule has 1 atom stereocenters. The van der Waals surface area contributed by atoms with E-state index in [1.807, 2.05) is 18.2 Å². The van der Waals surface area contributed by atoms with Gasteiger partial charge in [0.05, 0.1) is 6.61 Å². The van der Waals surface area contributed by atoms with Crippen LogP contribution in [0, 0.1) is 0 Å². The van der Waals surface area contributed by atoms with Crippen LogP contribution < -0.4 is 5.32 Å². The Morgan fingerprint density at radius 2 is 2.15 bits per heavy atom. The van der Waals surface area contributed by atoms with Crippen LogP contribution in [0.4, 0.5) is 0 Å². The van der Waals surface area contributed by atoms with E-state index in [-0.39, 0.29) is 12.5 Å². The van der Waals surface area contributed by atoms with Gasteiger partial charge in [0.25, 0.3) is 0 Å². The molecule has 0 aromatic heterocycles. The molecule has 0 aliphatic heterocycles. The zero-order valence-corrected chi connectivity index (χ0v) is 12.6. The molecule has 0 spiro atoms. The minimum absolute atomic E-state index is 0.000327. The normalized spacial score (nSPS) is 16.8. The summed E-state index contributed by atoms with van der Waals surface area (Å²) in [5, 5.41) is 2.87. The van der Waals surface area contributed by atoms with E-state index in [1.165, 1.54) is 0 Å². The maximum Gasteiger partial charge on any atom is 0.471 e. The average Bonchev–Trinajstić information content (AvgIpc) is 2.95. The summed E-state index contributed by atoms with van der Waals surface area (Å²) in [7, 11) is -2.69. The average molecular weight is 303 g/mol. The van der Waals surface area contributed by atoms with Crippen LogP contribution >= 0.6 is 7.82 Å². The fourth-order valence-electron chi connectivity index (χ4n) is 1.74. The molecule has 0 aromatic carbocycles. The van der Waals surface area contributed by atoms with Gasteiger partial charge in [-0.2, -0.15) is 0 Å². The number of rotatable bonds is 10. The standard InChI is InChI=1S/C13H22NO5P/c1-18-20(16,17)19-11-7-3-2-6-10-14-13(15)12-8-4-5-9-12/h4-5,8H,2-3,6-7,9-11H2,1H3,(H,14,15)(H,16,17). The van der Waals surface area contributed by atoms with Gasteiger partial charge in [-0.3, -0.25) is 13.8 Å². The lowest BCUT2D eigenvalue weighted by Gasteiger charge is -2.09. The number of phosphoric ester groups is 1. The third-order valence-electron chi connectivity index (χ3n) is 2.90. The third-order valence-corrected chi connectivity index (χ3v) is 3.88. The van der Waals surface area contributed by atoms with Gasteiger partial charge < -0.3 is 10.2 Å². The highest BCUT2D eigenvalue weighted by Gasteiger charge is 2.17. The number of carbonyl (C=O) groups is 1. The van der Waals surface area contributed by atoms with E-state index < -0.39 is 7.82 Å². The summed E-state index contributed by atoms with van der Waals surface area (Å²) in [5.74, 6) is -0.000327. The SMILES string of the molecule is COP(=O)(O)OCCCCCCNC(=O)C1=CC=CC1. The summed E-state index contributed by atoms with van der Waals surface area (Å²) in [6.45, 7) is 0.847. The molecule has 6 nitrogen and oxygen atoms in total. The van der Waals surface area contributed by atoms with Crippen LogP contribution in [0.25, 0.3) is 0 Å². The molecule has 0 saturated carbocycles. The van der Waals surface area contributed by atoms with Crippen LogP contribution in [-0.2, 0) is 18.4 Å². The summed E-state index contributed by atoms with van der Waals surface area (Å²) in [4.78, 5) is 20.6. The molecule has 0 heterocycles. The molecule has 1 unspecified atom stereocenters. The Morgan fingerprint density at radius 1 is 1.40 bits per heavy atom. The van der Waals surface area contributed by atoms with E-state index in [4.69, 9.17) is 9.42 Å². The van der Waals surface area contributed by atoms with Crippen molar-refractivity contribution in [2.24, 2.45) is 0 Å². The minimum Gasteiger partial charge on any atom is -0.352 e. The molecule has 1 aliphatic carbocycles. The molecule has 20 heavy (non-hydrogen) atoms. The summed E-state index contributed by atoms with van der Waals surface area (Å²) in [6, 6.07) is 0. The second-order valence-corrected chi connectivity index (χ2v) is 6.04. The van der Waals surface area contributed by atoms with E-state index >= 15 is 0 Å². The fourth-order valence-corrected chi connectivity index (χ4v) is 2.21. The van der Waals surface area contributed by atoms with E-state index in [2.05, 4.69) is 9.84 Å². The molecular formula is C13H22NO5P. The van der Waals surface area contributed by atoms with Crippen LogP contribution in [0.5, 0.6) is 0 Å². The van der Waals surface area contributed by atoms with Crippen molar-refractivity contribution < 1.29 is 23.3 Å².